The van der Waals surface area contributed by atoms with E-state index in [0.717, 1.165) is 28.1 Å². The van der Waals surface area contributed by atoms with Gasteiger partial charge in [-0.1, -0.05) is 78.7 Å². The van der Waals surface area contributed by atoms with Crippen LogP contribution in [0.25, 0.3) is 0 Å². The Morgan fingerprint density at radius 2 is 1.57 bits per heavy atom. The summed E-state index contributed by atoms with van der Waals surface area (Å²) in [7, 11) is -3.83. The Bertz CT molecular complexity index is 1410. The van der Waals surface area contributed by atoms with Crippen LogP contribution in [0, 0.1) is 0 Å². The Balaban J connectivity index is 2.07. The molecule has 214 valence electrons. The molecular weight excluding hydrogens is 569 g/mol. The summed E-state index contributed by atoms with van der Waals surface area (Å²) in [4.78, 5) is 29.0. The van der Waals surface area contributed by atoms with Gasteiger partial charge in [0.1, 0.15) is 12.6 Å². The Kier molecular flexibility index (Phi) is 11.0. The molecule has 0 aliphatic carbocycles. The minimum Gasteiger partial charge on any atom is -0.352 e. The van der Waals surface area contributed by atoms with Crippen molar-refractivity contribution < 1.29 is 18.0 Å². The lowest BCUT2D eigenvalue weighted by molar-refractivity contribution is -0.140. The first-order valence-corrected chi connectivity index (χ1v) is 15.6. The van der Waals surface area contributed by atoms with Gasteiger partial charge in [0.05, 0.1) is 11.9 Å². The van der Waals surface area contributed by atoms with E-state index in [2.05, 4.69) is 5.32 Å². The fourth-order valence-electron chi connectivity index (χ4n) is 4.28. The highest BCUT2D eigenvalue weighted by molar-refractivity contribution is 7.92. The van der Waals surface area contributed by atoms with Gasteiger partial charge in [0.25, 0.3) is 0 Å². The van der Waals surface area contributed by atoms with Crippen LogP contribution < -0.4 is 9.62 Å². The van der Waals surface area contributed by atoms with Crippen molar-refractivity contribution in [3.05, 3.63) is 99.5 Å². The molecule has 0 heterocycles. The van der Waals surface area contributed by atoms with Gasteiger partial charge in [-0.2, -0.15) is 0 Å². The van der Waals surface area contributed by atoms with E-state index in [0.29, 0.717) is 21.3 Å². The summed E-state index contributed by atoms with van der Waals surface area (Å²) in [5, 5.41) is 3.69. The second-order valence-corrected chi connectivity index (χ2v) is 12.7. The zero-order valence-electron chi connectivity index (χ0n) is 23.1. The third kappa shape index (κ3) is 8.71. The van der Waals surface area contributed by atoms with Crippen LogP contribution in [0.1, 0.15) is 37.5 Å². The number of carbonyl (C=O) groups excluding carboxylic acids is 2. The molecular formula is C30H35Cl2N3O4S. The number of sulfonamides is 1. The van der Waals surface area contributed by atoms with E-state index in [-0.39, 0.29) is 24.9 Å². The van der Waals surface area contributed by atoms with Crippen LogP contribution in [0.2, 0.25) is 10.0 Å². The number of hydrogen-bond acceptors (Lipinski definition) is 4. The number of rotatable bonds is 12. The molecule has 3 aromatic rings. The van der Waals surface area contributed by atoms with Gasteiger partial charge in [-0.05, 0) is 61.2 Å². The highest BCUT2D eigenvalue weighted by atomic mass is 35.5. The van der Waals surface area contributed by atoms with Gasteiger partial charge in [-0.15, -0.1) is 0 Å². The van der Waals surface area contributed by atoms with Gasteiger partial charge < -0.3 is 10.2 Å². The van der Waals surface area contributed by atoms with E-state index in [4.69, 9.17) is 23.2 Å². The van der Waals surface area contributed by atoms with Gasteiger partial charge in [0.2, 0.25) is 21.8 Å². The van der Waals surface area contributed by atoms with Gasteiger partial charge >= 0.3 is 0 Å². The third-order valence-corrected chi connectivity index (χ3v) is 8.10. The maximum atomic E-state index is 14.1. The average molecular weight is 605 g/mol. The number of hydrogen-bond donors (Lipinski definition) is 1. The number of aryl methyl sites for hydroxylation is 1. The van der Waals surface area contributed by atoms with Crippen LogP contribution in [0.4, 0.5) is 5.69 Å². The Morgan fingerprint density at radius 1 is 0.925 bits per heavy atom. The standard InChI is InChI=1S/C30H35Cl2N3O4S/c1-5-22-11-15-26(16-12-22)35(40(4,38)39)20-29(36)34(19-24-13-14-25(31)18-27(24)32)28(30(37)33-21(2)3)17-23-9-7-6-8-10-23/h6-16,18,21,28H,5,17,19-20H2,1-4H3,(H,33,37)/t28-/m1/s1. The minimum atomic E-state index is -3.83. The summed E-state index contributed by atoms with van der Waals surface area (Å²) in [6.07, 6.45) is 2.07. The lowest BCUT2D eigenvalue weighted by Gasteiger charge is -2.34. The molecule has 0 spiro atoms. The summed E-state index contributed by atoms with van der Waals surface area (Å²) in [6, 6.07) is 20.2. The zero-order valence-corrected chi connectivity index (χ0v) is 25.4. The Labute approximate surface area is 247 Å². The fraction of sp³-hybridized carbons (Fsp3) is 0.333. The normalized spacial score (nSPS) is 12.2. The van der Waals surface area contributed by atoms with Gasteiger partial charge in [-0.25, -0.2) is 8.42 Å². The lowest BCUT2D eigenvalue weighted by Crippen LogP contribution is -2.54. The third-order valence-electron chi connectivity index (χ3n) is 6.37. The van der Waals surface area contributed by atoms with Crippen LogP contribution in [-0.4, -0.2) is 50.0 Å². The first kappa shape index (κ1) is 31.5. The van der Waals surface area contributed by atoms with Crippen molar-refractivity contribution in [2.75, 3.05) is 17.1 Å². The van der Waals surface area contributed by atoms with E-state index in [1.807, 2.05) is 63.2 Å². The molecule has 0 aliphatic rings. The summed E-state index contributed by atoms with van der Waals surface area (Å²) in [5.41, 5.74) is 2.83. The molecule has 1 atom stereocenters. The fourth-order valence-corrected chi connectivity index (χ4v) is 5.60. The first-order valence-electron chi connectivity index (χ1n) is 13.0. The van der Waals surface area contributed by atoms with E-state index in [1.165, 1.54) is 4.90 Å². The quantitative estimate of drug-likeness (QED) is 0.297. The second kappa shape index (κ2) is 14.0. The highest BCUT2D eigenvalue weighted by Crippen LogP contribution is 2.25. The van der Waals surface area contributed by atoms with Crippen molar-refractivity contribution in [1.82, 2.24) is 10.2 Å². The molecule has 7 nitrogen and oxygen atoms in total. The summed E-state index contributed by atoms with van der Waals surface area (Å²) < 4.78 is 26.8. The average Bonchev–Trinajstić information content (AvgIpc) is 2.90. The van der Waals surface area contributed by atoms with Crippen LogP contribution in [0.3, 0.4) is 0 Å². The van der Waals surface area contributed by atoms with Gasteiger partial charge in [0, 0.05) is 29.1 Å². The lowest BCUT2D eigenvalue weighted by atomic mass is 10.0. The first-order chi connectivity index (χ1) is 18.9. The number of nitrogens with zero attached hydrogens (tertiary/aromatic N) is 2. The summed E-state index contributed by atoms with van der Waals surface area (Å²) in [6.45, 7) is 5.16. The molecule has 3 rings (SSSR count). The SMILES string of the molecule is CCc1ccc(N(CC(=O)N(Cc2ccc(Cl)cc2Cl)[C@H](Cc2ccccc2)C(=O)NC(C)C)S(C)(=O)=O)cc1. The molecule has 0 aliphatic heterocycles. The van der Waals surface area contributed by atoms with Crippen LogP contribution in [0.5, 0.6) is 0 Å². The predicted molar refractivity (Wildman–Crippen MR) is 162 cm³/mol. The molecule has 0 bridgehead atoms. The molecule has 0 saturated heterocycles. The molecule has 1 N–H and O–H groups in total. The molecule has 2 amide bonds. The van der Waals surface area contributed by atoms with Crippen molar-refractivity contribution >= 4 is 50.7 Å². The number of nitrogens with one attached hydrogen (secondary N) is 1. The van der Waals surface area contributed by atoms with E-state index < -0.39 is 28.5 Å². The van der Waals surface area contributed by atoms with Gasteiger partial charge in [-0.3, -0.25) is 13.9 Å². The number of halogens is 2. The number of benzene rings is 3. The van der Waals surface area contributed by atoms with Gasteiger partial charge in [0.15, 0.2) is 0 Å². The molecule has 0 saturated carbocycles. The van der Waals surface area contributed by atoms with E-state index in [1.54, 1.807) is 30.3 Å². The van der Waals surface area contributed by atoms with Crippen LogP contribution in [-0.2, 0) is 39.0 Å². The predicted octanol–water partition coefficient (Wildman–Crippen LogP) is 5.49. The minimum absolute atomic E-state index is 0.0236. The number of anilines is 1. The molecule has 0 unspecified atom stereocenters. The Morgan fingerprint density at radius 3 is 2.12 bits per heavy atom. The molecule has 0 radical (unpaired) electrons. The van der Waals surface area contributed by atoms with Crippen molar-refractivity contribution in [1.29, 1.82) is 0 Å². The second-order valence-electron chi connectivity index (χ2n) is 9.92. The molecule has 40 heavy (non-hydrogen) atoms. The smallest absolute Gasteiger partial charge is 0.244 e. The van der Waals surface area contributed by atoms with E-state index in [9.17, 15) is 18.0 Å². The highest BCUT2D eigenvalue weighted by Gasteiger charge is 2.33. The van der Waals surface area contributed by atoms with Crippen molar-refractivity contribution in [2.45, 2.75) is 52.2 Å². The molecule has 10 heteroatoms. The topological polar surface area (TPSA) is 86.8 Å². The number of carbonyl (C=O) groups is 2. The van der Waals surface area contributed by atoms with E-state index >= 15 is 0 Å². The monoisotopic (exact) mass is 603 g/mol. The molecule has 0 aromatic heterocycles. The maximum absolute atomic E-state index is 14.1. The molecule has 3 aromatic carbocycles. The zero-order chi connectivity index (χ0) is 29.4. The van der Waals surface area contributed by atoms with Crippen LogP contribution >= 0.6 is 23.2 Å². The Hall–Kier alpha value is -3.07. The summed E-state index contributed by atoms with van der Waals surface area (Å²) >= 11 is 12.6. The largest absolute Gasteiger partial charge is 0.352 e. The van der Waals surface area contributed by atoms with Crippen molar-refractivity contribution in [3.8, 4) is 0 Å². The maximum Gasteiger partial charge on any atom is 0.244 e. The summed E-state index contributed by atoms with van der Waals surface area (Å²) in [5.74, 6) is -0.897. The van der Waals surface area contributed by atoms with Crippen molar-refractivity contribution in [3.63, 3.8) is 0 Å². The van der Waals surface area contributed by atoms with Crippen LogP contribution in [0.15, 0.2) is 72.8 Å². The number of amides is 2. The van der Waals surface area contributed by atoms with Crippen molar-refractivity contribution in [2.24, 2.45) is 0 Å². The molecule has 0 fully saturated rings.